The average molecular weight is 281 g/mol. The first-order valence-corrected chi connectivity index (χ1v) is 6.36. The molecule has 1 amide bonds. The van der Waals surface area contributed by atoms with Crippen molar-refractivity contribution in [1.82, 2.24) is 4.98 Å². The highest BCUT2D eigenvalue weighted by Crippen LogP contribution is 2.19. The van der Waals surface area contributed by atoms with Gasteiger partial charge in [0.2, 0.25) is 0 Å². The van der Waals surface area contributed by atoms with Crippen LogP contribution in [0.4, 0.5) is 15.9 Å². The summed E-state index contributed by atoms with van der Waals surface area (Å²) in [5.74, 6) is -0.578. The summed E-state index contributed by atoms with van der Waals surface area (Å²) < 4.78 is 12.8. The molecule has 4 nitrogen and oxygen atoms in total. The maximum absolute atomic E-state index is 12.8. The van der Waals surface area contributed by atoms with Gasteiger partial charge in [-0.05, 0) is 36.4 Å². The van der Waals surface area contributed by atoms with Crippen LogP contribution in [0.15, 0.2) is 54.6 Å². The lowest BCUT2D eigenvalue weighted by Gasteiger charge is -2.08. The van der Waals surface area contributed by atoms with Crippen molar-refractivity contribution in [1.29, 1.82) is 0 Å². The van der Waals surface area contributed by atoms with Crippen molar-refractivity contribution in [3.8, 4) is 0 Å². The maximum Gasteiger partial charge on any atom is 0.259 e. The van der Waals surface area contributed by atoms with Crippen LogP contribution in [0.25, 0.3) is 10.9 Å². The molecule has 0 radical (unpaired) electrons. The number of fused-ring (bicyclic) bond motifs is 1. The van der Waals surface area contributed by atoms with E-state index in [1.165, 1.54) is 24.3 Å². The first kappa shape index (κ1) is 13.1. The summed E-state index contributed by atoms with van der Waals surface area (Å²) in [4.78, 5) is 16.4. The van der Waals surface area contributed by atoms with E-state index < -0.39 is 0 Å². The molecule has 0 atom stereocenters. The molecule has 0 unspecified atom stereocenters. The molecule has 0 saturated carbocycles. The third kappa shape index (κ3) is 2.67. The van der Waals surface area contributed by atoms with Gasteiger partial charge in [-0.15, -0.1) is 0 Å². The van der Waals surface area contributed by atoms with Gasteiger partial charge in [0.25, 0.3) is 5.91 Å². The van der Waals surface area contributed by atoms with E-state index in [9.17, 15) is 9.18 Å². The van der Waals surface area contributed by atoms with Crippen LogP contribution in [0.3, 0.4) is 0 Å². The molecule has 0 saturated heterocycles. The molecule has 0 aliphatic carbocycles. The molecule has 1 heterocycles. The van der Waals surface area contributed by atoms with E-state index in [1.807, 2.05) is 24.3 Å². The lowest BCUT2D eigenvalue weighted by Crippen LogP contribution is -2.15. The van der Waals surface area contributed by atoms with Crippen LogP contribution in [-0.2, 0) is 0 Å². The summed E-state index contributed by atoms with van der Waals surface area (Å²) in [6.45, 7) is 0. The van der Waals surface area contributed by atoms with E-state index in [1.54, 1.807) is 6.07 Å². The van der Waals surface area contributed by atoms with Crippen LogP contribution in [0, 0.1) is 5.82 Å². The van der Waals surface area contributed by atoms with Crippen molar-refractivity contribution in [3.63, 3.8) is 0 Å². The molecule has 2 aromatic carbocycles. The Balaban J connectivity index is 1.93. The van der Waals surface area contributed by atoms with Gasteiger partial charge in [0.1, 0.15) is 11.6 Å². The third-order valence-corrected chi connectivity index (χ3v) is 3.10. The normalized spacial score (nSPS) is 10.5. The molecule has 0 aliphatic rings. The van der Waals surface area contributed by atoms with E-state index in [-0.39, 0.29) is 23.1 Å². The second-order valence-electron chi connectivity index (χ2n) is 4.57. The number of halogens is 1. The predicted octanol–water partition coefficient (Wildman–Crippen LogP) is 3.21. The van der Waals surface area contributed by atoms with Gasteiger partial charge in [0.05, 0.1) is 11.1 Å². The second kappa shape index (κ2) is 5.20. The number of nitrogens with zero attached hydrogens (tertiary/aromatic N) is 1. The number of anilines is 2. The number of hydrogen-bond donors (Lipinski definition) is 2. The minimum absolute atomic E-state index is 0.160. The van der Waals surface area contributed by atoms with Gasteiger partial charge in [-0.1, -0.05) is 18.2 Å². The van der Waals surface area contributed by atoms with Crippen molar-refractivity contribution < 1.29 is 9.18 Å². The summed E-state index contributed by atoms with van der Waals surface area (Å²) >= 11 is 0. The largest absolute Gasteiger partial charge is 0.383 e. The van der Waals surface area contributed by atoms with Crippen LogP contribution >= 0.6 is 0 Å². The number of amides is 1. The fraction of sp³-hybridized carbons (Fsp3) is 0. The van der Waals surface area contributed by atoms with Crippen LogP contribution in [0.5, 0.6) is 0 Å². The minimum atomic E-state index is -0.377. The fourth-order valence-electron chi connectivity index (χ4n) is 2.04. The van der Waals surface area contributed by atoms with Gasteiger partial charge in [0, 0.05) is 11.1 Å². The highest BCUT2D eigenvalue weighted by Gasteiger charge is 2.12. The molecular formula is C16H12FN3O. The van der Waals surface area contributed by atoms with Crippen molar-refractivity contribution in [2.75, 3.05) is 11.1 Å². The smallest absolute Gasteiger partial charge is 0.259 e. The number of para-hydroxylation sites is 1. The lowest BCUT2D eigenvalue weighted by molar-refractivity contribution is 0.102. The van der Waals surface area contributed by atoms with Crippen molar-refractivity contribution >= 4 is 28.3 Å². The number of aromatic nitrogens is 1. The average Bonchev–Trinajstić information content (AvgIpc) is 2.49. The van der Waals surface area contributed by atoms with Crippen molar-refractivity contribution in [3.05, 3.63) is 66.0 Å². The highest BCUT2D eigenvalue weighted by molar-refractivity contribution is 6.09. The van der Waals surface area contributed by atoms with Gasteiger partial charge in [0.15, 0.2) is 0 Å². The van der Waals surface area contributed by atoms with E-state index >= 15 is 0 Å². The van der Waals surface area contributed by atoms with Gasteiger partial charge >= 0.3 is 0 Å². The van der Waals surface area contributed by atoms with Crippen LogP contribution < -0.4 is 11.1 Å². The number of nitrogen functional groups attached to an aromatic ring is 1. The topological polar surface area (TPSA) is 68.0 Å². The number of carbonyl (C=O) groups is 1. The van der Waals surface area contributed by atoms with Crippen molar-refractivity contribution in [2.45, 2.75) is 0 Å². The Labute approximate surface area is 120 Å². The zero-order valence-electron chi connectivity index (χ0n) is 11.0. The Morgan fingerprint density at radius 3 is 2.57 bits per heavy atom. The molecule has 3 N–H and O–H groups in total. The first-order valence-electron chi connectivity index (χ1n) is 6.36. The minimum Gasteiger partial charge on any atom is -0.383 e. The first-order chi connectivity index (χ1) is 10.1. The molecule has 0 bridgehead atoms. The fourth-order valence-corrected chi connectivity index (χ4v) is 2.04. The van der Waals surface area contributed by atoms with E-state index in [0.717, 1.165) is 10.9 Å². The van der Waals surface area contributed by atoms with Crippen LogP contribution in [-0.4, -0.2) is 10.9 Å². The Morgan fingerprint density at radius 1 is 1.10 bits per heavy atom. The predicted molar refractivity (Wildman–Crippen MR) is 80.5 cm³/mol. The number of pyridine rings is 1. The Kier molecular flexibility index (Phi) is 3.23. The monoisotopic (exact) mass is 281 g/mol. The van der Waals surface area contributed by atoms with E-state index in [0.29, 0.717) is 5.69 Å². The van der Waals surface area contributed by atoms with Gasteiger partial charge < -0.3 is 11.1 Å². The molecule has 5 heteroatoms. The molecular weight excluding hydrogens is 269 g/mol. The molecule has 3 rings (SSSR count). The lowest BCUT2D eigenvalue weighted by atomic mass is 10.1. The highest BCUT2D eigenvalue weighted by atomic mass is 19.1. The number of carbonyl (C=O) groups excluding carboxylic acids is 1. The van der Waals surface area contributed by atoms with Gasteiger partial charge in [-0.2, -0.15) is 0 Å². The number of rotatable bonds is 2. The molecule has 0 spiro atoms. The third-order valence-electron chi connectivity index (χ3n) is 3.10. The molecule has 0 fully saturated rings. The Bertz CT molecular complexity index is 815. The van der Waals surface area contributed by atoms with E-state index in [4.69, 9.17) is 5.73 Å². The van der Waals surface area contributed by atoms with E-state index in [2.05, 4.69) is 10.3 Å². The van der Waals surface area contributed by atoms with Crippen LogP contribution in [0.2, 0.25) is 0 Å². The maximum atomic E-state index is 12.8. The molecule has 0 aliphatic heterocycles. The summed E-state index contributed by atoms with van der Waals surface area (Å²) in [6.07, 6.45) is 0. The number of nitrogens with one attached hydrogen (secondary N) is 1. The molecule has 1 aromatic heterocycles. The second-order valence-corrected chi connectivity index (χ2v) is 4.57. The quantitative estimate of drug-likeness (QED) is 0.758. The summed E-state index contributed by atoms with van der Waals surface area (Å²) in [5, 5.41) is 3.49. The Hall–Kier alpha value is -2.95. The summed E-state index contributed by atoms with van der Waals surface area (Å²) in [7, 11) is 0. The standard InChI is InChI=1S/C16H12FN3O/c17-11-5-7-12(8-6-11)19-16(21)13-9-10-3-1-2-4-14(10)20-15(13)18/h1-9H,(H2,18,20)(H,19,21). The summed E-state index contributed by atoms with van der Waals surface area (Å²) in [5.41, 5.74) is 7.35. The van der Waals surface area contributed by atoms with Crippen LogP contribution in [0.1, 0.15) is 10.4 Å². The van der Waals surface area contributed by atoms with Crippen molar-refractivity contribution in [2.24, 2.45) is 0 Å². The van der Waals surface area contributed by atoms with Gasteiger partial charge in [-0.25, -0.2) is 9.37 Å². The number of benzene rings is 2. The molecule has 21 heavy (non-hydrogen) atoms. The molecule has 104 valence electrons. The number of nitrogens with two attached hydrogens (primary N) is 1. The zero-order valence-corrected chi connectivity index (χ0v) is 11.0. The molecule has 3 aromatic rings. The van der Waals surface area contributed by atoms with Gasteiger partial charge in [-0.3, -0.25) is 4.79 Å². The summed E-state index contributed by atoms with van der Waals surface area (Å²) in [6, 6.07) is 14.6. The zero-order chi connectivity index (χ0) is 14.8. The number of hydrogen-bond acceptors (Lipinski definition) is 3. The SMILES string of the molecule is Nc1nc2ccccc2cc1C(=O)Nc1ccc(F)cc1. The Morgan fingerprint density at radius 2 is 1.81 bits per heavy atom.